The summed E-state index contributed by atoms with van der Waals surface area (Å²) in [5, 5.41) is 118. The van der Waals surface area contributed by atoms with E-state index in [0.717, 1.165) is 5.52 Å². The predicted molar refractivity (Wildman–Crippen MR) is 352 cm³/mol. The quantitative estimate of drug-likeness (QED) is 0.0632. The molecule has 22 N–H and O–H groups in total. The number of imidazole rings is 5. The first-order valence-corrected chi connectivity index (χ1v) is 29.5. The maximum atomic E-state index is 12.7. The van der Waals surface area contributed by atoms with Crippen LogP contribution >= 0.6 is 37.2 Å². The minimum absolute atomic E-state index is 0. The van der Waals surface area contributed by atoms with Gasteiger partial charge in [0.15, 0.2) is 51.7 Å². The van der Waals surface area contributed by atoms with Crippen LogP contribution in [-0.4, -0.2) is 249 Å². The van der Waals surface area contributed by atoms with Crippen LogP contribution in [0.3, 0.4) is 0 Å². The van der Waals surface area contributed by atoms with Crippen LogP contribution in [-0.2, 0) is 4.74 Å². The average molecular weight is 1420 g/mol. The first-order chi connectivity index (χ1) is 45.2. The molecule has 0 saturated heterocycles. The molecule has 0 radical (unpaired) electrons. The lowest BCUT2D eigenvalue weighted by Crippen LogP contribution is -2.30. The van der Waals surface area contributed by atoms with Gasteiger partial charge in [-0.3, -0.25) is 0 Å². The fourth-order valence-electron chi connectivity index (χ4n) is 12.6. The number of rotatable bonds is 10. The third-order valence-electron chi connectivity index (χ3n) is 17.7. The molecule has 5 aliphatic rings. The number of anilines is 5. The molecule has 0 aromatic carbocycles. The standard InChI is InChI=1S/C12H15N5O3.C12H16N4O3.C11H12FN5O2.C11H15N5O3.C10H13N5O2.3ClH/c1-20-3-6-2-7(10(19)9(6)18)17-5-16-8-11(13)14-4-15-12(8)17;13-12-9-7(1-2-14-12)16(5-15-9)8-3-6(4-17)10(18)11(8)19;12-2-5-1-6(9(19)8(5)18)17-4-16-7-10(13)14-3-15-11(7)17;12-10-7-11(14-3-13-10)16(4-15-7)6-1-5(2-17)8(18)9(6)19;11-9-7-10(13-3-12-9)15(4-14-7)5-1-2-6(16)8(5)17;;;/h2,4-5,7,9-10,18-19H,3H2,1H3,(H2,13,14,15);1-2,5-6,8,10-11,17-19H,3-4H2,(H2,13,14);1,3-4,6,8-9,18-19H,2H2,(H2,13,14,15);3-6,8-9,17-19H,1-2H2,(H2,12,13,14);3-6,8,16-17H,1-2H2,(H2,11,12,13);3*1H/t7-,9-,10+;6?,8-,10-,11+;6-,8-,9+;5?,6-,8-,9+;5-,6-,8+;;;/m11111.../s1. The Hall–Kier alpha value is -8.42. The second-order valence-corrected chi connectivity index (χ2v) is 23.1. The summed E-state index contributed by atoms with van der Waals surface area (Å²) in [5.74, 6) is 0.767. The second-order valence-electron chi connectivity index (χ2n) is 23.1. The van der Waals surface area contributed by atoms with E-state index in [1.165, 1.54) is 57.5 Å². The van der Waals surface area contributed by atoms with Gasteiger partial charge in [0.25, 0.3) is 0 Å². The number of fused-ring (bicyclic) bond motifs is 5. The SMILES string of the molecule is COCC1=C[C@@H](n2cnc3c(N)ncnc32)[C@H](O)[C@@H]1O.Cl.Cl.Cl.Nc1nccc2c1ncn2[C@@H]1CC(CO)[C@@H](O)[C@H]1O.Nc1ncnc2c1ncn2[C@@H]1C=C(CF)[C@@H](O)[C@H]1O.Nc1ncnc2c1ncn2[C@@H]1CC(CO)[C@@H](O)[C@H]1O.Nc1ncnc2c1ncn2[C@@H]1CC[C@@H](O)[C@H]1O. The molecule has 10 aromatic rings. The van der Waals surface area contributed by atoms with E-state index in [1.807, 2.05) is 0 Å². The summed E-state index contributed by atoms with van der Waals surface area (Å²) >= 11 is 0. The number of ether oxygens (including phenoxy) is 1. The Labute approximate surface area is 566 Å². The lowest BCUT2D eigenvalue weighted by Gasteiger charge is -2.18. The Morgan fingerprint density at radius 3 is 1.20 bits per heavy atom. The summed E-state index contributed by atoms with van der Waals surface area (Å²) in [5.41, 5.74) is 34.6. The molecule has 524 valence electrons. The van der Waals surface area contributed by atoms with Crippen LogP contribution in [0.4, 0.5) is 33.5 Å². The molecule has 17 atom stereocenters. The van der Waals surface area contributed by atoms with E-state index in [2.05, 4.69) is 69.8 Å². The fraction of sp³-hybridized carbons (Fsp3) is 0.464. The Kier molecular flexibility index (Phi) is 24.1. The molecule has 0 spiro atoms. The van der Waals surface area contributed by atoms with Crippen molar-refractivity contribution in [3.8, 4) is 0 Å². The van der Waals surface area contributed by atoms with Gasteiger partial charge in [-0.2, -0.15) is 0 Å². The van der Waals surface area contributed by atoms with Gasteiger partial charge in [0, 0.05) is 38.4 Å². The number of hydrogen-bond acceptors (Lipinski definition) is 32. The molecule has 10 aromatic heterocycles. The molecule has 2 unspecified atom stereocenters. The zero-order chi connectivity index (χ0) is 67.0. The summed E-state index contributed by atoms with van der Waals surface area (Å²) in [4.78, 5) is 56.5. The number of nitrogens with zero attached hydrogens (tertiary/aromatic N) is 19. The number of pyridine rings is 1. The molecule has 3 fully saturated rings. The highest BCUT2D eigenvalue weighted by molar-refractivity contribution is 5.86. The van der Waals surface area contributed by atoms with Gasteiger partial charge in [-0.25, -0.2) is 74.2 Å². The van der Waals surface area contributed by atoms with Crippen molar-refractivity contribution in [2.24, 2.45) is 11.8 Å². The highest BCUT2D eigenvalue weighted by Gasteiger charge is 2.45. The summed E-state index contributed by atoms with van der Waals surface area (Å²) in [6, 6.07) is -0.228. The Morgan fingerprint density at radius 2 is 0.804 bits per heavy atom. The molecule has 3 saturated carbocycles. The van der Waals surface area contributed by atoms with Gasteiger partial charge in [-0.15, -0.1) is 37.2 Å². The molecule has 0 amide bonds. The normalized spacial score (nSPS) is 27.9. The van der Waals surface area contributed by atoms with Crippen LogP contribution in [0.25, 0.3) is 55.7 Å². The van der Waals surface area contributed by atoms with E-state index in [-0.39, 0.29) is 110 Å². The summed E-state index contributed by atoms with van der Waals surface area (Å²) in [7, 11) is 1.54. The summed E-state index contributed by atoms with van der Waals surface area (Å²) in [6.45, 7) is -0.861. The summed E-state index contributed by atoms with van der Waals surface area (Å²) in [6.07, 6.45) is 10.5. The van der Waals surface area contributed by atoms with Crippen molar-refractivity contribution in [1.82, 2.24) is 92.6 Å². The zero-order valence-corrected chi connectivity index (χ0v) is 53.7. The molecule has 37 nitrogen and oxygen atoms in total. The number of methoxy groups -OCH3 is 1. The van der Waals surface area contributed by atoms with Crippen LogP contribution in [0.15, 0.2) is 92.5 Å². The van der Waals surface area contributed by atoms with Crippen molar-refractivity contribution < 1.29 is 70.4 Å². The third-order valence-corrected chi connectivity index (χ3v) is 17.7. The maximum Gasteiger partial charge on any atom is 0.166 e. The van der Waals surface area contributed by atoms with Crippen molar-refractivity contribution >= 4 is 122 Å². The van der Waals surface area contributed by atoms with Crippen LogP contribution in [0.5, 0.6) is 0 Å². The number of aliphatic hydroxyl groups is 12. The smallest absolute Gasteiger partial charge is 0.166 e. The first-order valence-electron chi connectivity index (χ1n) is 29.5. The Morgan fingerprint density at radius 1 is 0.433 bits per heavy atom. The van der Waals surface area contributed by atoms with Gasteiger partial charge >= 0.3 is 0 Å². The van der Waals surface area contributed by atoms with Crippen LogP contribution in [0.1, 0.15) is 55.9 Å². The molecule has 0 aliphatic heterocycles. The van der Waals surface area contributed by atoms with E-state index in [0.29, 0.717) is 93.1 Å². The Balaban J connectivity index is 0.000000154. The fourth-order valence-corrected chi connectivity index (χ4v) is 12.6. The average Bonchev–Trinajstić information content (AvgIpc) is 1.71. The predicted octanol–water partition coefficient (Wildman–Crippen LogP) is -2.46. The largest absolute Gasteiger partial charge is 0.396 e. The lowest BCUT2D eigenvalue weighted by atomic mass is 10.1. The van der Waals surface area contributed by atoms with Crippen LogP contribution in [0, 0.1) is 11.8 Å². The van der Waals surface area contributed by atoms with Crippen molar-refractivity contribution in [1.29, 1.82) is 0 Å². The maximum absolute atomic E-state index is 12.7. The van der Waals surface area contributed by atoms with E-state index in [1.54, 1.807) is 53.8 Å². The lowest BCUT2D eigenvalue weighted by molar-refractivity contribution is -0.00371. The number of alkyl halides is 1. The van der Waals surface area contributed by atoms with Crippen molar-refractivity contribution in [2.45, 2.75) is 117 Å². The minimum Gasteiger partial charge on any atom is -0.396 e. The van der Waals surface area contributed by atoms with Gasteiger partial charge in [0.05, 0.1) is 92.3 Å². The number of aliphatic hydroxyl groups excluding tert-OH is 12. The van der Waals surface area contributed by atoms with Crippen molar-refractivity contribution in [3.63, 3.8) is 0 Å². The van der Waals surface area contributed by atoms with E-state index in [9.17, 15) is 65.7 Å². The number of aromatic nitrogens is 19. The molecule has 10 heterocycles. The highest BCUT2D eigenvalue weighted by Crippen LogP contribution is 2.40. The molecule has 0 bridgehead atoms. The third kappa shape index (κ3) is 14.2. The first kappa shape index (κ1) is 74.4. The van der Waals surface area contributed by atoms with Crippen molar-refractivity contribution in [2.75, 3.05) is 62.3 Å². The minimum atomic E-state index is -1.22. The van der Waals surface area contributed by atoms with Gasteiger partial charge in [-0.05, 0) is 42.9 Å². The Bertz CT molecular complexity index is 4250. The number of nitrogens with two attached hydrogens (primary N) is 5. The summed E-state index contributed by atoms with van der Waals surface area (Å²) < 4.78 is 26.2. The van der Waals surface area contributed by atoms with Gasteiger partial charge < -0.3 is 118 Å². The second kappa shape index (κ2) is 31.4. The van der Waals surface area contributed by atoms with Gasteiger partial charge in [0.1, 0.15) is 102 Å². The number of nitrogen functional groups attached to an aromatic ring is 5. The monoisotopic (exact) mass is 1410 g/mol. The molecular formula is C56H74Cl3FN24O13. The van der Waals surface area contributed by atoms with Crippen molar-refractivity contribution in [3.05, 3.63) is 92.5 Å². The van der Waals surface area contributed by atoms with E-state index >= 15 is 0 Å². The molecule has 15 rings (SSSR count). The molecule has 97 heavy (non-hydrogen) atoms. The zero-order valence-electron chi connectivity index (χ0n) is 51.2. The number of halogens is 4. The molecular weight excluding hydrogens is 1340 g/mol. The molecule has 5 aliphatic carbocycles. The van der Waals surface area contributed by atoms with E-state index in [4.69, 9.17) is 33.4 Å². The number of hydrogen-bond donors (Lipinski definition) is 17. The highest BCUT2D eigenvalue weighted by atomic mass is 35.5. The van der Waals surface area contributed by atoms with E-state index < -0.39 is 79.8 Å². The van der Waals surface area contributed by atoms with Gasteiger partial charge in [-0.1, -0.05) is 12.2 Å². The molecule has 41 heteroatoms. The topological polar surface area (TPSA) is 587 Å². The van der Waals surface area contributed by atoms with Crippen LogP contribution in [0.2, 0.25) is 0 Å². The van der Waals surface area contributed by atoms with Crippen LogP contribution < -0.4 is 28.7 Å². The van der Waals surface area contributed by atoms with Gasteiger partial charge in [0.2, 0.25) is 0 Å².